The molecule has 1 unspecified atom stereocenters. The topological polar surface area (TPSA) is 89.9 Å². The van der Waals surface area contributed by atoms with Crippen molar-refractivity contribution in [2.24, 2.45) is 0 Å². The zero-order chi connectivity index (χ0) is 23.0. The molecule has 1 aliphatic heterocycles. The number of benzene rings is 2. The van der Waals surface area contributed by atoms with Crippen molar-refractivity contribution >= 4 is 42.0 Å². The van der Waals surface area contributed by atoms with E-state index in [1.54, 1.807) is 6.07 Å². The first-order valence-corrected chi connectivity index (χ1v) is 12.5. The fourth-order valence-electron chi connectivity index (χ4n) is 4.26. The van der Waals surface area contributed by atoms with Crippen molar-refractivity contribution in [3.63, 3.8) is 0 Å². The quantitative estimate of drug-likeness (QED) is 0.551. The molecular weight excluding hydrogens is 470 g/mol. The summed E-state index contributed by atoms with van der Waals surface area (Å²) >= 11 is 12.7. The van der Waals surface area contributed by atoms with Crippen LogP contribution >= 0.6 is 30.8 Å². The van der Waals surface area contributed by atoms with E-state index in [-0.39, 0.29) is 16.8 Å². The number of nitrogens with one attached hydrogen (secondary N) is 1. The Bertz CT molecular complexity index is 1190. The smallest absolute Gasteiger partial charge is 0.326 e. The lowest BCUT2D eigenvalue weighted by atomic mass is 9.81. The molecule has 32 heavy (non-hydrogen) atoms. The SMILES string of the molecule is CN1Cc2c(Cl)cc(Cl)cc2C(C2=CC=C(NC(=O)c3cccc(P(=O)(O)O)c3)CC2)C1. The molecule has 0 spiro atoms. The summed E-state index contributed by atoms with van der Waals surface area (Å²) in [5, 5.41) is 3.98. The molecule has 3 N–H and O–H groups in total. The average Bonchev–Trinajstić information content (AvgIpc) is 2.74. The molecular formula is C23H23Cl2N2O4P. The van der Waals surface area contributed by atoms with Crippen LogP contribution in [-0.4, -0.2) is 34.2 Å². The Balaban J connectivity index is 1.54. The van der Waals surface area contributed by atoms with Crippen molar-refractivity contribution < 1.29 is 19.1 Å². The normalized spacial score (nSPS) is 19.1. The monoisotopic (exact) mass is 492 g/mol. The molecule has 0 aromatic heterocycles. The summed E-state index contributed by atoms with van der Waals surface area (Å²) in [5.41, 5.74) is 4.46. The molecule has 168 valence electrons. The molecule has 1 amide bonds. The molecule has 1 atom stereocenters. The Morgan fingerprint density at radius 2 is 1.94 bits per heavy atom. The van der Waals surface area contributed by atoms with Gasteiger partial charge in [0.15, 0.2) is 0 Å². The highest BCUT2D eigenvalue weighted by Gasteiger charge is 2.29. The van der Waals surface area contributed by atoms with Crippen LogP contribution in [-0.2, 0) is 11.1 Å². The van der Waals surface area contributed by atoms with E-state index in [1.807, 2.05) is 18.2 Å². The second-order valence-corrected chi connectivity index (χ2v) is 10.6. The summed E-state index contributed by atoms with van der Waals surface area (Å²) in [7, 11) is -2.35. The van der Waals surface area contributed by atoms with Gasteiger partial charge in [0.2, 0.25) is 0 Å². The third-order valence-electron chi connectivity index (χ3n) is 5.84. The Morgan fingerprint density at radius 1 is 1.16 bits per heavy atom. The first-order chi connectivity index (χ1) is 15.1. The Morgan fingerprint density at radius 3 is 2.62 bits per heavy atom. The zero-order valence-corrected chi connectivity index (χ0v) is 19.8. The molecule has 9 heteroatoms. The van der Waals surface area contributed by atoms with Gasteiger partial charge in [0.1, 0.15) is 0 Å². The molecule has 2 aliphatic rings. The van der Waals surface area contributed by atoms with E-state index in [0.29, 0.717) is 16.5 Å². The van der Waals surface area contributed by atoms with Crippen molar-refractivity contribution in [2.75, 3.05) is 13.6 Å². The number of nitrogens with zero attached hydrogens (tertiary/aromatic N) is 1. The number of rotatable bonds is 4. The summed E-state index contributed by atoms with van der Waals surface area (Å²) in [4.78, 5) is 33.5. The maximum Gasteiger partial charge on any atom is 0.356 e. The molecule has 2 aromatic rings. The van der Waals surface area contributed by atoms with Gasteiger partial charge in [0.25, 0.3) is 5.91 Å². The van der Waals surface area contributed by atoms with Crippen LogP contribution in [0.1, 0.15) is 40.2 Å². The van der Waals surface area contributed by atoms with Crippen LogP contribution in [0.5, 0.6) is 0 Å². The molecule has 0 saturated heterocycles. The molecule has 0 bridgehead atoms. The minimum atomic E-state index is -4.42. The number of halogens is 2. The lowest BCUT2D eigenvalue weighted by Gasteiger charge is -2.35. The van der Waals surface area contributed by atoms with Gasteiger partial charge in [0, 0.05) is 40.3 Å². The predicted molar refractivity (Wildman–Crippen MR) is 127 cm³/mol. The molecule has 1 aliphatic carbocycles. The highest BCUT2D eigenvalue weighted by molar-refractivity contribution is 7.60. The van der Waals surface area contributed by atoms with Crippen molar-refractivity contribution in [2.45, 2.75) is 25.3 Å². The first kappa shape index (κ1) is 23.2. The Hall–Kier alpha value is -1.92. The maximum atomic E-state index is 12.6. The van der Waals surface area contributed by atoms with Crippen LogP contribution in [0, 0.1) is 0 Å². The van der Waals surface area contributed by atoms with Gasteiger partial charge in [-0.05, 0) is 67.4 Å². The van der Waals surface area contributed by atoms with Crippen LogP contribution in [0.15, 0.2) is 59.8 Å². The number of carbonyl (C=O) groups excluding carboxylic acids is 1. The highest BCUT2D eigenvalue weighted by Crippen LogP contribution is 2.40. The van der Waals surface area contributed by atoms with Gasteiger partial charge in [-0.25, -0.2) is 0 Å². The van der Waals surface area contributed by atoms with Gasteiger partial charge in [-0.2, -0.15) is 0 Å². The van der Waals surface area contributed by atoms with E-state index in [1.165, 1.54) is 29.8 Å². The van der Waals surface area contributed by atoms with Crippen molar-refractivity contribution in [3.05, 3.63) is 86.6 Å². The van der Waals surface area contributed by atoms with Gasteiger partial charge < -0.3 is 20.0 Å². The maximum absolute atomic E-state index is 12.6. The summed E-state index contributed by atoms with van der Waals surface area (Å²) in [5.74, 6) is -0.224. The third-order valence-corrected chi connectivity index (χ3v) is 7.35. The van der Waals surface area contributed by atoms with Gasteiger partial charge >= 0.3 is 7.60 Å². The Kier molecular flexibility index (Phi) is 6.64. The number of hydrogen-bond acceptors (Lipinski definition) is 3. The van der Waals surface area contributed by atoms with Crippen molar-refractivity contribution in [1.82, 2.24) is 10.2 Å². The van der Waals surface area contributed by atoms with Crippen LogP contribution in [0.25, 0.3) is 0 Å². The fourth-order valence-corrected chi connectivity index (χ4v) is 5.41. The summed E-state index contributed by atoms with van der Waals surface area (Å²) in [6.45, 7) is 1.64. The zero-order valence-electron chi connectivity index (χ0n) is 17.4. The van der Waals surface area contributed by atoms with Gasteiger partial charge in [-0.15, -0.1) is 0 Å². The standard InChI is InChI=1S/C23H23Cl2N2O4P/c1-27-12-20(19-10-16(24)11-22(25)21(19)13-27)14-5-7-17(8-6-14)26-23(28)15-3-2-4-18(9-15)32(29,30)31/h2-5,7,9-11,20H,6,8,12-13H2,1H3,(H,26,28)(H2,29,30,31). The highest BCUT2D eigenvalue weighted by atomic mass is 35.5. The van der Waals surface area contributed by atoms with Crippen molar-refractivity contribution in [1.29, 1.82) is 0 Å². The van der Waals surface area contributed by atoms with E-state index >= 15 is 0 Å². The van der Waals surface area contributed by atoms with Gasteiger partial charge in [-0.1, -0.05) is 40.9 Å². The average molecular weight is 493 g/mol. The summed E-state index contributed by atoms with van der Waals surface area (Å²) < 4.78 is 11.5. The lowest BCUT2D eigenvalue weighted by molar-refractivity contribution is 0.0964. The van der Waals surface area contributed by atoms with E-state index in [2.05, 4.69) is 17.3 Å². The minimum Gasteiger partial charge on any atom is -0.326 e. The number of fused-ring (bicyclic) bond motifs is 1. The molecule has 2 aromatic carbocycles. The van der Waals surface area contributed by atoms with Crippen LogP contribution in [0.2, 0.25) is 10.0 Å². The van der Waals surface area contributed by atoms with Gasteiger partial charge in [0.05, 0.1) is 5.30 Å². The van der Waals surface area contributed by atoms with Crippen LogP contribution in [0.3, 0.4) is 0 Å². The Labute approximate surface area is 196 Å². The largest absolute Gasteiger partial charge is 0.356 e. The van der Waals surface area contributed by atoms with E-state index in [4.69, 9.17) is 23.2 Å². The van der Waals surface area contributed by atoms with Crippen LogP contribution in [0.4, 0.5) is 0 Å². The number of hydrogen-bond donors (Lipinski definition) is 3. The summed E-state index contributed by atoms with van der Waals surface area (Å²) in [6.07, 6.45) is 5.36. The molecule has 0 fully saturated rings. The summed E-state index contributed by atoms with van der Waals surface area (Å²) in [6, 6.07) is 9.30. The van der Waals surface area contributed by atoms with E-state index in [9.17, 15) is 19.1 Å². The van der Waals surface area contributed by atoms with E-state index < -0.39 is 13.5 Å². The number of likely N-dealkylation sites (N-methyl/N-ethyl adjacent to an activating group) is 1. The first-order valence-electron chi connectivity index (χ1n) is 10.2. The lowest BCUT2D eigenvalue weighted by Crippen LogP contribution is -2.32. The molecule has 0 saturated carbocycles. The van der Waals surface area contributed by atoms with Crippen LogP contribution < -0.4 is 10.6 Å². The second kappa shape index (κ2) is 9.14. The number of allylic oxidation sites excluding steroid dienone is 3. The molecule has 4 rings (SSSR count). The molecule has 0 radical (unpaired) electrons. The molecule has 1 heterocycles. The fraction of sp³-hybridized carbons (Fsp3) is 0.261. The van der Waals surface area contributed by atoms with Gasteiger partial charge in [-0.3, -0.25) is 9.36 Å². The molecule has 6 nitrogen and oxygen atoms in total. The van der Waals surface area contributed by atoms with E-state index in [0.717, 1.165) is 36.3 Å². The minimum absolute atomic E-state index is 0.174. The number of amides is 1. The third kappa shape index (κ3) is 5.01. The number of carbonyl (C=O) groups is 1. The predicted octanol–water partition coefficient (Wildman–Crippen LogP) is 4.36. The second-order valence-electron chi connectivity index (χ2n) is 8.19. The van der Waals surface area contributed by atoms with Crippen molar-refractivity contribution in [3.8, 4) is 0 Å².